The van der Waals surface area contributed by atoms with Gasteiger partial charge in [0.05, 0.1) is 11.2 Å². The van der Waals surface area contributed by atoms with Crippen LogP contribution in [0.5, 0.6) is 0 Å². The van der Waals surface area contributed by atoms with Gasteiger partial charge in [-0.05, 0) is 53.9 Å². The van der Waals surface area contributed by atoms with E-state index in [1.54, 1.807) is 6.07 Å². The topological polar surface area (TPSA) is 43.6 Å². The van der Waals surface area contributed by atoms with E-state index in [1.165, 1.54) is 12.1 Å². The molecule has 0 aliphatic carbocycles. The zero-order valence-electron chi connectivity index (χ0n) is 17.0. The molecule has 3 aromatic heterocycles. The van der Waals surface area contributed by atoms with Crippen LogP contribution in [0.1, 0.15) is 17.2 Å². The van der Waals surface area contributed by atoms with Crippen molar-refractivity contribution in [3.63, 3.8) is 0 Å². The summed E-state index contributed by atoms with van der Waals surface area (Å²) in [6.07, 6.45) is 2.65. The van der Waals surface area contributed by atoms with Crippen molar-refractivity contribution in [2.45, 2.75) is 18.9 Å². The maximum absolute atomic E-state index is 13.4. The van der Waals surface area contributed by atoms with Gasteiger partial charge in [-0.2, -0.15) is 5.10 Å². The fourth-order valence-corrected chi connectivity index (χ4v) is 4.80. The summed E-state index contributed by atoms with van der Waals surface area (Å²) in [5.74, 6) is 0.0223. The van der Waals surface area contributed by atoms with Crippen LogP contribution in [0, 0.1) is 5.82 Å². The molecule has 0 amide bonds. The fourth-order valence-electron chi connectivity index (χ4n) is 4.64. The number of aromatic nitrogens is 4. The molecule has 6 heteroatoms. The molecular formula is C26H18ClFN4. The minimum atomic E-state index is -0.220. The van der Waals surface area contributed by atoms with Gasteiger partial charge in [0.15, 0.2) is 0 Å². The van der Waals surface area contributed by atoms with Gasteiger partial charge in [0.2, 0.25) is 0 Å². The van der Waals surface area contributed by atoms with Gasteiger partial charge in [-0.25, -0.2) is 9.37 Å². The van der Waals surface area contributed by atoms with Crippen LogP contribution in [0.15, 0.2) is 79.0 Å². The first-order chi connectivity index (χ1) is 15.7. The molecule has 4 nitrogen and oxygen atoms in total. The van der Waals surface area contributed by atoms with E-state index in [0.717, 1.165) is 57.6 Å². The van der Waals surface area contributed by atoms with Crippen LogP contribution in [0.25, 0.3) is 33.4 Å². The van der Waals surface area contributed by atoms with E-state index < -0.39 is 0 Å². The quantitative estimate of drug-likeness (QED) is 0.309. The number of fused-ring (bicyclic) bond motifs is 2. The lowest BCUT2D eigenvalue weighted by Crippen LogP contribution is -2.03. The number of nitrogens with zero attached hydrogens (tertiary/aromatic N) is 4. The molecule has 156 valence electrons. The van der Waals surface area contributed by atoms with E-state index in [0.29, 0.717) is 5.15 Å². The molecule has 0 saturated heterocycles. The Morgan fingerprint density at radius 2 is 1.78 bits per heavy atom. The van der Waals surface area contributed by atoms with E-state index in [1.807, 2.05) is 54.7 Å². The summed E-state index contributed by atoms with van der Waals surface area (Å²) in [6.45, 7) is 0.734. The van der Waals surface area contributed by atoms with Crippen molar-refractivity contribution in [1.29, 1.82) is 0 Å². The van der Waals surface area contributed by atoms with Gasteiger partial charge < -0.3 is 0 Å². The lowest BCUT2D eigenvalue weighted by Gasteiger charge is -2.12. The standard InChI is InChI=1S/C26H18ClFN4/c27-24-7-3-6-22(30-24)26-25(20-12-13-29-21-5-2-1-4-19(20)21)23-14-17(15-32(23)31-26)16-8-10-18(28)11-9-16/h1-13,17H,14-15H2. The average Bonchev–Trinajstić information content (AvgIpc) is 3.37. The molecule has 1 aliphatic heterocycles. The predicted octanol–water partition coefficient (Wildman–Crippen LogP) is 6.29. The highest BCUT2D eigenvalue weighted by Gasteiger charge is 2.31. The third-order valence-corrected chi connectivity index (χ3v) is 6.32. The van der Waals surface area contributed by atoms with E-state index >= 15 is 0 Å². The monoisotopic (exact) mass is 440 g/mol. The lowest BCUT2D eigenvalue weighted by atomic mass is 9.92. The van der Waals surface area contributed by atoms with Gasteiger partial charge in [0.1, 0.15) is 16.7 Å². The third-order valence-electron chi connectivity index (χ3n) is 6.11. The predicted molar refractivity (Wildman–Crippen MR) is 124 cm³/mol. The second-order valence-electron chi connectivity index (χ2n) is 8.03. The zero-order valence-corrected chi connectivity index (χ0v) is 17.8. The number of hydrogen-bond donors (Lipinski definition) is 0. The number of rotatable bonds is 3. The Morgan fingerprint density at radius 3 is 2.62 bits per heavy atom. The summed E-state index contributed by atoms with van der Waals surface area (Å²) >= 11 is 6.21. The van der Waals surface area contributed by atoms with Crippen LogP contribution >= 0.6 is 11.6 Å². The Kier molecular flexibility index (Phi) is 4.51. The summed E-state index contributed by atoms with van der Waals surface area (Å²) < 4.78 is 15.5. The molecule has 32 heavy (non-hydrogen) atoms. The van der Waals surface area contributed by atoms with Crippen molar-refractivity contribution < 1.29 is 4.39 Å². The largest absolute Gasteiger partial charge is 0.268 e. The van der Waals surface area contributed by atoms with Crippen LogP contribution in [0.4, 0.5) is 4.39 Å². The first kappa shape index (κ1) is 19.1. The Morgan fingerprint density at radius 1 is 0.938 bits per heavy atom. The first-order valence-corrected chi connectivity index (χ1v) is 10.9. The zero-order chi connectivity index (χ0) is 21.7. The van der Waals surface area contributed by atoms with Gasteiger partial charge in [0, 0.05) is 35.3 Å². The van der Waals surface area contributed by atoms with Crippen molar-refractivity contribution >= 4 is 22.5 Å². The molecule has 6 rings (SSSR count). The molecule has 4 heterocycles. The molecule has 0 radical (unpaired) electrons. The maximum atomic E-state index is 13.4. The summed E-state index contributed by atoms with van der Waals surface area (Å²) in [5, 5.41) is 6.48. The van der Waals surface area contributed by atoms with Crippen LogP contribution in [0.2, 0.25) is 5.15 Å². The molecule has 0 bridgehead atoms. The molecule has 1 unspecified atom stereocenters. The minimum absolute atomic E-state index is 0.220. The normalized spacial score (nSPS) is 15.2. The van der Waals surface area contributed by atoms with Crippen LogP contribution in [0.3, 0.4) is 0 Å². The fraction of sp³-hybridized carbons (Fsp3) is 0.115. The summed E-state index contributed by atoms with van der Waals surface area (Å²) in [4.78, 5) is 9.07. The summed E-state index contributed by atoms with van der Waals surface area (Å²) in [7, 11) is 0. The molecule has 1 atom stereocenters. The van der Waals surface area contributed by atoms with Gasteiger partial charge >= 0.3 is 0 Å². The summed E-state index contributed by atoms with van der Waals surface area (Å²) in [5.41, 5.74) is 6.89. The molecular weight excluding hydrogens is 423 g/mol. The highest BCUT2D eigenvalue weighted by Crippen LogP contribution is 2.42. The highest BCUT2D eigenvalue weighted by atomic mass is 35.5. The second-order valence-corrected chi connectivity index (χ2v) is 8.41. The van der Waals surface area contributed by atoms with E-state index in [9.17, 15) is 4.39 Å². The molecule has 0 saturated carbocycles. The number of para-hydroxylation sites is 1. The van der Waals surface area contributed by atoms with E-state index in [2.05, 4.69) is 20.7 Å². The molecule has 1 aliphatic rings. The third kappa shape index (κ3) is 3.17. The smallest absolute Gasteiger partial charge is 0.129 e. The van der Waals surface area contributed by atoms with E-state index in [-0.39, 0.29) is 11.7 Å². The summed E-state index contributed by atoms with van der Waals surface area (Å²) in [6, 6.07) is 22.5. The average molecular weight is 441 g/mol. The van der Waals surface area contributed by atoms with Gasteiger partial charge in [-0.3, -0.25) is 9.67 Å². The molecule has 0 N–H and O–H groups in total. The van der Waals surface area contributed by atoms with Gasteiger partial charge in [0.25, 0.3) is 0 Å². The van der Waals surface area contributed by atoms with Crippen LogP contribution in [-0.4, -0.2) is 19.7 Å². The number of pyridine rings is 2. The van der Waals surface area contributed by atoms with Crippen molar-refractivity contribution in [3.8, 4) is 22.5 Å². The van der Waals surface area contributed by atoms with Crippen LogP contribution in [-0.2, 0) is 13.0 Å². The molecule has 5 aromatic rings. The maximum Gasteiger partial charge on any atom is 0.129 e. The number of benzene rings is 2. The lowest BCUT2D eigenvalue weighted by molar-refractivity contribution is 0.593. The Hall–Kier alpha value is -3.57. The van der Waals surface area contributed by atoms with Crippen molar-refractivity contribution in [2.24, 2.45) is 0 Å². The van der Waals surface area contributed by atoms with Crippen molar-refractivity contribution in [2.75, 3.05) is 0 Å². The first-order valence-electron chi connectivity index (χ1n) is 10.5. The molecule has 0 spiro atoms. The van der Waals surface area contributed by atoms with Crippen molar-refractivity contribution in [1.82, 2.24) is 19.7 Å². The van der Waals surface area contributed by atoms with Gasteiger partial charge in [-0.15, -0.1) is 0 Å². The molecule has 0 fully saturated rings. The van der Waals surface area contributed by atoms with Crippen LogP contribution < -0.4 is 0 Å². The molecule has 2 aromatic carbocycles. The Bertz CT molecular complexity index is 1450. The number of hydrogen-bond acceptors (Lipinski definition) is 3. The minimum Gasteiger partial charge on any atom is -0.268 e. The van der Waals surface area contributed by atoms with Gasteiger partial charge in [-0.1, -0.05) is 48.0 Å². The SMILES string of the molecule is Fc1ccc(C2Cc3c(-c4ccnc5ccccc45)c(-c4cccc(Cl)n4)nn3C2)cc1. The Balaban J connectivity index is 1.55. The second kappa shape index (κ2) is 7.53. The number of halogens is 2. The van der Waals surface area contributed by atoms with Crippen molar-refractivity contribution in [3.05, 3.63) is 101 Å². The highest BCUT2D eigenvalue weighted by molar-refractivity contribution is 6.29. The van der Waals surface area contributed by atoms with E-state index in [4.69, 9.17) is 16.7 Å². The Labute approximate surface area is 189 Å².